The fraction of sp³-hybridized carbons (Fsp3) is 0.571. The van der Waals surface area contributed by atoms with Crippen LogP contribution in [-0.4, -0.2) is 52.6 Å². The van der Waals surface area contributed by atoms with Gasteiger partial charge in [0.15, 0.2) is 0 Å². The maximum absolute atomic E-state index is 5.18. The number of methoxy groups -OCH3 is 1. The second kappa shape index (κ2) is 7.26. The van der Waals surface area contributed by atoms with Crippen molar-refractivity contribution in [3.8, 4) is 5.75 Å². The molecule has 0 aromatic heterocycles. The van der Waals surface area contributed by atoms with Crippen LogP contribution < -0.4 is 8.35 Å². The summed E-state index contributed by atoms with van der Waals surface area (Å²) in [4.78, 5) is 2.64. The van der Waals surface area contributed by atoms with Gasteiger partial charge in [-0.05, 0) is 0 Å². The number of likely N-dealkylation sites (tertiary alicyclic amines) is 1. The molecule has 0 radical (unpaired) electrons. The van der Waals surface area contributed by atoms with E-state index in [1.165, 1.54) is 43.4 Å². The molecule has 1 aliphatic rings. The van der Waals surface area contributed by atoms with Gasteiger partial charge in [-0.3, -0.25) is 0 Å². The van der Waals surface area contributed by atoms with Gasteiger partial charge in [0.25, 0.3) is 0 Å². The number of ether oxygens (including phenoxy) is 1. The van der Waals surface area contributed by atoms with Gasteiger partial charge in [0.2, 0.25) is 0 Å². The van der Waals surface area contributed by atoms with Crippen LogP contribution in [0.3, 0.4) is 0 Å². The van der Waals surface area contributed by atoms with Gasteiger partial charge in [0.1, 0.15) is 0 Å². The van der Waals surface area contributed by atoms with E-state index in [9.17, 15) is 0 Å². The molecule has 0 bridgehead atoms. The zero-order valence-electron chi connectivity index (χ0n) is 10.5. The standard InChI is InChI=1S/C14H21NOTe/c1-16-13-5-7-14(8-6-13)17-12-11-15-9-3-2-4-10-15/h5-8H,2-4,9-12H2,1H3. The number of benzene rings is 1. The van der Waals surface area contributed by atoms with E-state index in [1.54, 1.807) is 10.7 Å². The molecule has 0 amide bonds. The Balaban J connectivity index is 1.69. The van der Waals surface area contributed by atoms with Crippen LogP contribution in [0.4, 0.5) is 0 Å². The van der Waals surface area contributed by atoms with Crippen molar-refractivity contribution >= 4 is 24.5 Å². The van der Waals surface area contributed by atoms with Crippen molar-refractivity contribution in [2.45, 2.75) is 23.7 Å². The second-order valence-electron chi connectivity index (χ2n) is 4.43. The molecule has 3 heteroatoms. The molecular formula is C14H21NOTe. The molecule has 0 unspecified atom stereocenters. The Hall–Kier alpha value is -0.230. The predicted molar refractivity (Wildman–Crippen MR) is 73.5 cm³/mol. The van der Waals surface area contributed by atoms with Crippen LogP contribution in [0.15, 0.2) is 24.3 Å². The maximum atomic E-state index is 5.18. The van der Waals surface area contributed by atoms with Crippen LogP contribution in [0, 0.1) is 0 Å². The average molecular weight is 347 g/mol. The van der Waals surface area contributed by atoms with Crippen LogP contribution >= 0.6 is 0 Å². The van der Waals surface area contributed by atoms with Crippen LogP contribution in [0.25, 0.3) is 0 Å². The molecule has 2 nitrogen and oxygen atoms in total. The van der Waals surface area contributed by atoms with Gasteiger partial charge in [-0.1, -0.05) is 0 Å². The average Bonchev–Trinajstić information content (AvgIpc) is 2.41. The van der Waals surface area contributed by atoms with E-state index >= 15 is 0 Å². The third-order valence-electron chi connectivity index (χ3n) is 3.18. The topological polar surface area (TPSA) is 12.5 Å². The van der Waals surface area contributed by atoms with Crippen molar-refractivity contribution in [3.05, 3.63) is 24.3 Å². The Morgan fingerprint density at radius 1 is 1.12 bits per heavy atom. The van der Waals surface area contributed by atoms with Crippen LogP contribution in [0.2, 0.25) is 4.47 Å². The molecule has 0 atom stereocenters. The van der Waals surface area contributed by atoms with E-state index in [0.717, 1.165) is 5.75 Å². The predicted octanol–water partition coefficient (Wildman–Crippen LogP) is 1.93. The van der Waals surface area contributed by atoms with Gasteiger partial charge in [0.05, 0.1) is 0 Å². The van der Waals surface area contributed by atoms with E-state index in [2.05, 4.69) is 29.2 Å². The molecule has 1 aliphatic heterocycles. The Labute approximate surface area is 114 Å². The molecule has 0 spiro atoms. The van der Waals surface area contributed by atoms with Crippen LogP contribution in [0.5, 0.6) is 5.75 Å². The van der Waals surface area contributed by atoms with Crippen LogP contribution in [0.1, 0.15) is 19.3 Å². The summed E-state index contributed by atoms with van der Waals surface area (Å²) < 4.78 is 8.12. The van der Waals surface area contributed by atoms with E-state index in [1.807, 2.05) is 0 Å². The Morgan fingerprint density at radius 3 is 2.47 bits per heavy atom. The van der Waals surface area contributed by atoms with Crippen molar-refractivity contribution < 1.29 is 4.74 Å². The first kappa shape index (κ1) is 13.2. The zero-order chi connectivity index (χ0) is 11.9. The van der Waals surface area contributed by atoms with E-state index < -0.39 is 0 Å². The van der Waals surface area contributed by atoms with Gasteiger partial charge >= 0.3 is 115 Å². The summed E-state index contributed by atoms with van der Waals surface area (Å²) in [5.74, 6) is 0.970. The molecule has 1 heterocycles. The summed E-state index contributed by atoms with van der Waals surface area (Å²) in [7, 11) is 1.72. The molecule has 1 saturated heterocycles. The molecule has 2 rings (SSSR count). The number of piperidine rings is 1. The quantitative estimate of drug-likeness (QED) is 0.755. The van der Waals surface area contributed by atoms with Gasteiger partial charge in [-0.15, -0.1) is 0 Å². The number of hydrogen-bond acceptors (Lipinski definition) is 2. The summed E-state index contributed by atoms with van der Waals surface area (Å²) in [6, 6.07) is 8.64. The minimum absolute atomic E-state index is 0.00325. The molecule has 0 aliphatic carbocycles. The fourth-order valence-corrected chi connectivity index (χ4v) is 4.76. The molecular weight excluding hydrogens is 326 g/mol. The van der Waals surface area contributed by atoms with Crippen molar-refractivity contribution in [2.75, 3.05) is 26.7 Å². The molecule has 1 fully saturated rings. The van der Waals surface area contributed by atoms with E-state index in [0.29, 0.717) is 0 Å². The van der Waals surface area contributed by atoms with Gasteiger partial charge < -0.3 is 0 Å². The fourth-order valence-electron chi connectivity index (χ4n) is 2.15. The molecule has 1 aromatic rings. The Bertz CT molecular complexity index is 319. The molecule has 94 valence electrons. The molecule has 0 N–H and O–H groups in total. The first-order chi connectivity index (χ1) is 8.38. The summed E-state index contributed by atoms with van der Waals surface area (Å²) in [5, 5.41) is 0. The summed E-state index contributed by atoms with van der Waals surface area (Å²) in [6.45, 7) is 3.97. The third-order valence-corrected chi connectivity index (χ3v) is 6.02. The monoisotopic (exact) mass is 349 g/mol. The van der Waals surface area contributed by atoms with Gasteiger partial charge in [0, 0.05) is 0 Å². The first-order valence-corrected chi connectivity index (χ1v) is 9.19. The van der Waals surface area contributed by atoms with Crippen LogP contribution in [-0.2, 0) is 0 Å². The summed E-state index contributed by atoms with van der Waals surface area (Å²) in [5.41, 5.74) is 0. The number of rotatable bonds is 5. The normalized spacial score (nSPS) is 17.0. The van der Waals surface area contributed by atoms with Crippen molar-refractivity contribution in [1.82, 2.24) is 4.90 Å². The minimum atomic E-state index is 0.00325. The van der Waals surface area contributed by atoms with Gasteiger partial charge in [-0.2, -0.15) is 0 Å². The van der Waals surface area contributed by atoms with Crippen molar-refractivity contribution in [2.24, 2.45) is 0 Å². The zero-order valence-corrected chi connectivity index (χ0v) is 12.9. The summed E-state index contributed by atoms with van der Waals surface area (Å²) in [6.07, 6.45) is 4.25. The molecule has 17 heavy (non-hydrogen) atoms. The number of hydrogen-bond donors (Lipinski definition) is 0. The Morgan fingerprint density at radius 2 is 1.82 bits per heavy atom. The van der Waals surface area contributed by atoms with Crippen molar-refractivity contribution in [1.29, 1.82) is 0 Å². The second-order valence-corrected chi connectivity index (χ2v) is 7.76. The Kier molecular flexibility index (Phi) is 5.64. The third kappa shape index (κ3) is 4.50. The summed E-state index contributed by atoms with van der Waals surface area (Å²) >= 11 is 0.00325. The van der Waals surface area contributed by atoms with Crippen molar-refractivity contribution in [3.63, 3.8) is 0 Å². The molecule has 1 aromatic carbocycles. The SMILES string of the molecule is COc1ccc([Te]CCN2CCCCC2)cc1. The van der Waals surface area contributed by atoms with Gasteiger partial charge in [-0.25, -0.2) is 0 Å². The molecule has 0 saturated carbocycles. The van der Waals surface area contributed by atoms with E-state index in [4.69, 9.17) is 4.74 Å². The first-order valence-electron chi connectivity index (χ1n) is 6.38. The number of nitrogens with zero attached hydrogens (tertiary/aromatic N) is 1. The van der Waals surface area contributed by atoms with E-state index in [-0.39, 0.29) is 20.9 Å².